The van der Waals surface area contributed by atoms with Crippen LogP contribution >= 0.6 is 0 Å². The van der Waals surface area contributed by atoms with Crippen LogP contribution in [0.25, 0.3) is 11.4 Å². The van der Waals surface area contributed by atoms with Gasteiger partial charge in [-0.3, -0.25) is 29.8 Å². The molecule has 0 aliphatic heterocycles. The van der Waals surface area contributed by atoms with Gasteiger partial charge in [0.1, 0.15) is 0 Å². The number of aliphatic imine (C=N–C) groups is 2. The van der Waals surface area contributed by atoms with E-state index in [0.29, 0.717) is 35.6 Å². The van der Waals surface area contributed by atoms with E-state index < -0.39 is 0 Å². The van der Waals surface area contributed by atoms with E-state index in [0.717, 1.165) is 33.9 Å². The summed E-state index contributed by atoms with van der Waals surface area (Å²) in [5.41, 5.74) is 6.50. The molecule has 2 aromatic heterocycles. The molecular weight excluding hydrogens is 548 g/mol. The highest BCUT2D eigenvalue weighted by molar-refractivity contribution is 6.14. The van der Waals surface area contributed by atoms with E-state index >= 15 is 0 Å². The lowest BCUT2D eigenvalue weighted by molar-refractivity contribution is 0.835. The summed E-state index contributed by atoms with van der Waals surface area (Å²) in [6.07, 6.45) is 0. The number of rotatable bonds is 9. The summed E-state index contributed by atoms with van der Waals surface area (Å²) in [6.45, 7) is 4.39. The number of hydrogen-bond donors (Lipinski definition) is 2. The Kier molecular flexibility index (Phi) is 8.14. The number of nitrogens with one attached hydrogen (secondary N) is 2. The molecule has 0 saturated heterocycles. The van der Waals surface area contributed by atoms with Crippen LogP contribution in [0.5, 0.6) is 0 Å². The molecule has 0 spiro atoms. The fourth-order valence-corrected chi connectivity index (χ4v) is 5.31. The zero-order valence-corrected chi connectivity index (χ0v) is 24.6. The molecule has 2 N–H and O–H groups in total. The standard InChI is InChI=1S/C36H32N6O2/c1-25-31(35(43)41(39-25)29-19-11-5-12-20-29)33(27-15-7-3-8-16-27)37-23-24-38-34(28-17-9-4-10-18-28)32-26(2)40-42(36(32)44)30-21-13-6-14-22-30/h3-22,39-40H,23-24H2,1-2H3. The second-order valence-electron chi connectivity index (χ2n) is 10.4. The Morgan fingerprint density at radius 2 is 0.841 bits per heavy atom. The molecule has 6 aromatic rings. The van der Waals surface area contributed by atoms with Crippen LogP contribution in [0.3, 0.4) is 0 Å². The molecule has 0 fully saturated rings. The van der Waals surface area contributed by atoms with Gasteiger partial charge < -0.3 is 0 Å². The first kappa shape index (κ1) is 28.4. The van der Waals surface area contributed by atoms with Gasteiger partial charge in [-0.2, -0.15) is 0 Å². The van der Waals surface area contributed by atoms with E-state index in [4.69, 9.17) is 9.98 Å². The van der Waals surface area contributed by atoms with Crippen molar-refractivity contribution in [2.45, 2.75) is 13.8 Å². The summed E-state index contributed by atoms with van der Waals surface area (Å²) >= 11 is 0. The average Bonchev–Trinajstić information content (AvgIpc) is 3.53. The maximum atomic E-state index is 13.7. The highest BCUT2D eigenvalue weighted by atomic mass is 16.1. The van der Waals surface area contributed by atoms with Gasteiger partial charge >= 0.3 is 0 Å². The Morgan fingerprint density at radius 1 is 0.523 bits per heavy atom. The molecule has 44 heavy (non-hydrogen) atoms. The molecule has 8 nitrogen and oxygen atoms in total. The summed E-state index contributed by atoms with van der Waals surface area (Å²) in [4.78, 5) is 37.3. The number of H-pyrrole nitrogens is 2. The average molecular weight is 581 g/mol. The topological polar surface area (TPSA) is 100 Å². The molecule has 4 aromatic carbocycles. The quantitative estimate of drug-likeness (QED) is 0.171. The fraction of sp³-hybridized carbons (Fsp3) is 0.111. The van der Waals surface area contributed by atoms with Crippen molar-refractivity contribution in [3.05, 3.63) is 176 Å². The normalized spacial score (nSPS) is 12.0. The Labute approximate surface area is 254 Å². The van der Waals surface area contributed by atoms with Crippen LogP contribution in [0.1, 0.15) is 33.6 Å². The first-order chi connectivity index (χ1) is 21.5. The smallest absolute Gasteiger partial charge is 0.280 e. The van der Waals surface area contributed by atoms with Crippen LogP contribution in [-0.4, -0.2) is 44.1 Å². The molecule has 218 valence electrons. The minimum Gasteiger partial charge on any atom is -0.295 e. The number of para-hydroxylation sites is 2. The molecule has 0 radical (unpaired) electrons. The van der Waals surface area contributed by atoms with Crippen LogP contribution in [0.15, 0.2) is 141 Å². The first-order valence-corrected chi connectivity index (χ1v) is 14.5. The van der Waals surface area contributed by atoms with Gasteiger partial charge in [0.25, 0.3) is 11.1 Å². The van der Waals surface area contributed by atoms with E-state index in [1.165, 1.54) is 0 Å². The second kappa shape index (κ2) is 12.6. The molecule has 0 aliphatic rings. The summed E-state index contributed by atoms with van der Waals surface area (Å²) in [7, 11) is 0. The molecule has 0 amide bonds. The molecule has 2 heterocycles. The summed E-state index contributed by atoms with van der Waals surface area (Å²) in [6, 6.07) is 38.3. The number of aryl methyl sites for hydroxylation is 2. The van der Waals surface area contributed by atoms with Crippen LogP contribution in [0, 0.1) is 13.8 Å². The number of benzene rings is 4. The monoisotopic (exact) mass is 580 g/mol. The lowest BCUT2D eigenvalue weighted by Crippen LogP contribution is -2.22. The van der Waals surface area contributed by atoms with Crippen molar-refractivity contribution in [1.29, 1.82) is 0 Å². The maximum Gasteiger partial charge on any atom is 0.280 e. The van der Waals surface area contributed by atoms with Crippen molar-refractivity contribution in [2.75, 3.05) is 13.1 Å². The number of hydrogen-bond acceptors (Lipinski definition) is 4. The number of aromatic amines is 2. The molecule has 0 aliphatic carbocycles. The SMILES string of the molecule is Cc1[nH]n(-c2ccccc2)c(=O)c1C(=NCCN=C(c1ccccc1)c1c(C)[nH]n(-c2ccccc2)c1=O)c1ccccc1. The van der Waals surface area contributed by atoms with Crippen LogP contribution in [0.4, 0.5) is 0 Å². The van der Waals surface area contributed by atoms with Gasteiger partial charge in [0.15, 0.2) is 0 Å². The highest BCUT2D eigenvalue weighted by Crippen LogP contribution is 2.16. The van der Waals surface area contributed by atoms with E-state index in [-0.39, 0.29) is 11.1 Å². The Balaban J connectivity index is 1.39. The predicted octanol–water partition coefficient (Wildman–Crippen LogP) is 5.64. The zero-order chi connectivity index (χ0) is 30.5. The zero-order valence-electron chi connectivity index (χ0n) is 24.6. The largest absolute Gasteiger partial charge is 0.295 e. The van der Waals surface area contributed by atoms with Gasteiger partial charge in [-0.25, -0.2) is 9.36 Å². The van der Waals surface area contributed by atoms with Gasteiger partial charge in [0.2, 0.25) is 0 Å². The molecule has 6 rings (SSSR count). The minimum atomic E-state index is -0.172. The first-order valence-electron chi connectivity index (χ1n) is 14.5. The van der Waals surface area contributed by atoms with Gasteiger partial charge in [-0.1, -0.05) is 97.1 Å². The third-order valence-electron chi connectivity index (χ3n) is 7.38. The Hall–Kier alpha value is -5.76. The van der Waals surface area contributed by atoms with E-state index in [1.54, 1.807) is 9.36 Å². The van der Waals surface area contributed by atoms with Gasteiger partial charge in [-0.15, -0.1) is 0 Å². The minimum absolute atomic E-state index is 0.172. The second-order valence-corrected chi connectivity index (χ2v) is 10.4. The number of nitrogens with zero attached hydrogens (tertiary/aromatic N) is 4. The predicted molar refractivity (Wildman–Crippen MR) is 176 cm³/mol. The molecule has 0 unspecified atom stereocenters. The highest BCUT2D eigenvalue weighted by Gasteiger charge is 2.21. The van der Waals surface area contributed by atoms with Crippen LogP contribution in [0.2, 0.25) is 0 Å². The van der Waals surface area contributed by atoms with E-state index in [2.05, 4.69) is 10.2 Å². The molecule has 8 heteroatoms. The van der Waals surface area contributed by atoms with Crippen molar-refractivity contribution >= 4 is 11.4 Å². The maximum absolute atomic E-state index is 13.7. The van der Waals surface area contributed by atoms with Crippen LogP contribution in [-0.2, 0) is 0 Å². The van der Waals surface area contributed by atoms with Crippen molar-refractivity contribution < 1.29 is 0 Å². The number of aromatic nitrogens is 4. The fourth-order valence-electron chi connectivity index (χ4n) is 5.31. The lowest BCUT2D eigenvalue weighted by atomic mass is 10.0. The lowest BCUT2D eigenvalue weighted by Gasteiger charge is -2.07. The van der Waals surface area contributed by atoms with Gasteiger partial charge in [-0.05, 0) is 38.1 Å². The molecule has 0 saturated carbocycles. The Morgan fingerprint density at radius 3 is 1.18 bits per heavy atom. The van der Waals surface area contributed by atoms with Gasteiger partial charge in [0.05, 0.1) is 47.0 Å². The van der Waals surface area contributed by atoms with Crippen molar-refractivity contribution in [2.24, 2.45) is 9.98 Å². The third kappa shape index (κ3) is 5.65. The molecular formula is C36H32N6O2. The van der Waals surface area contributed by atoms with Crippen molar-refractivity contribution in [3.8, 4) is 11.4 Å². The van der Waals surface area contributed by atoms with Crippen LogP contribution < -0.4 is 11.1 Å². The Bertz CT molecular complexity index is 1900. The summed E-state index contributed by atoms with van der Waals surface area (Å²) in [5.74, 6) is 0. The van der Waals surface area contributed by atoms with E-state index in [1.807, 2.05) is 135 Å². The molecule has 0 bridgehead atoms. The summed E-state index contributed by atoms with van der Waals surface area (Å²) in [5, 5.41) is 6.43. The third-order valence-corrected chi connectivity index (χ3v) is 7.38. The molecule has 0 atom stereocenters. The van der Waals surface area contributed by atoms with Gasteiger partial charge in [0, 0.05) is 22.5 Å². The van der Waals surface area contributed by atoms with Crippen molar-refractivity contribution in [1.82, 2.24) is 19.6 Å². The van der Waals surface area contributed by atoms with Crippen molar-refractivity contribution in [3.63, 3.8) is 0 Å². The van der Waals surface area contributed by atoms with E-state index in [9.17, 15) is 9.59 Å². The summed E-state index contributed by atoms with van der Waals surface area (Å²) < 4.78 is 3.09.